The average Bonchev–Trinajstić information content (AvgIpc) is 2.67. The molecule has 28 heavy (non-hydrogen) atoms. The van der Waals surface area contributed by atoms with E-state index in [9.17, 15) is 0 Å². The highest BCUT2D eigenvalue weighted by atomic mass is 32.2. The first-order valence-corrected chi connectivity index (χ1v) is 11.8. The Hall–Kier alpha value is -1.45. The van der Waals surface area contributed by atoms with Crippen molar-refractivity contribution in [2.75, 3.05) is 39.1 Å². The Kier molecular flexibility index (Phi) is 7.87. The maximum Gasteiger partial charge on any atom is 0.0780 e. The highest BCUT2D eigenvalue weighted by molar-refractivity contribution is 7.99. The van der Waals surface area contributed by atoms with Gasteiger partial charge in [-0.2, -0.15) is 0 Å². The Morgan fingerprint density at radius 1 is 0.643 bits per heavy atom. The van der Waals surface area contributed by atoms with Crippen LogP contribution in [-0.2, 0) is 0 Å². The molecule has 0 saturated heterocycles. The van der Waals surface area contributed by atoms with Crippen LogP contribution in [0.25, 0.3) is 0 Å². The predicted molar refractivity (Wildman–Crippen MR) is 124 cm³/mol. The van der Waals surface area contributed by atoms with E-state index in [0.717, 1.165) is 11.0 Å². The van der Waals surface area contributed by atoms with Gasteiger partial charge >= 0.3 is 0 Å². The molecule has 0 bridgehead atoms. The summed E-state index contributed by atoms with van der Waals surface area (Å²) in [6.45, 7) is 2.43. The molecule has 0 saturated carbocycles. The minimum Gasteiger partial charge on any atom is -0.340 e. The molecule has 3 heteroatoms. The number of unbranched alkanes of at least 4 members (excludes halogenated alkanes) is 7. The van der Waals surface area contributed by atoms with Gasteiger partial charge in [0.2, 0.25) is 0 Å². The quantitative estimate of drug-likeness (QED) is 0.293. The molecule has 2 nitrogen and oxygen atoms in total. The zero-order valence-corrected chi connectivity index (χ0v) is 18.8. The lowest BCUT2D eigenvalue weighted by Crippen LogP contribution is -2.35. The van der Waals surface area contributed by atoms with Crippen molar-refractivity contribution >= 4 is 23.1 Å². The van der Waals surface area contributed by atoms with E-state index in [4.69, 9.17) is 0 Å². The Morgan fingerprint density at radius 3 is 1.64 bits per heavy atom. The molecule has 1 aliphatic heterocycles. The van der Waals surface area contributed by atoms with Gasteiger partial charge in [0.25, 0.3) is 0 Å². The van der Waals surface area contributed by atoms with Crippen LogP contribution in [0.1, 0.15) is 51.4 Å². The number of hydrogen-bond donors (Lipinski definition) is 0. The maximum absolute atomic E-state index is 2.53. The molecular formula is C25H37N2S+. The zero-order chi connectivity index (χ0) is 19.8. The fourth-order valence-electron chi connectivity index (χ4n) is 3.94. The summed E-state index contributed by atoms with van der Waals surface area (Å²) in [6, 6.07) is 17.7. The number of para-hydroxylation sites is 2. The summed E-state index contributed by atoms with van der Waals surface area (Å²) >= 11 is 1.90. The van der Waals surface area contributed by atoms with Crippen LogP contribution in [0, 0.1) is 0 Å². The van der Waals surface area contributed by atoms with Gasteiger partial charge in [-0.25, -0.2) is 0 Å². The van der Waals surface area contributed by atoms with Crippen LogP contribution in [0.3, 0.4) is 0 Å². The normalized spacial score (nSPS) is 13.3. The van der Waals surface area contributed by atoms with Crippen LogP contribution in [-0.4, -0.2) is 38.7 Å². The summed E-state index contributed by atoms with van der Waals surface area (Å²) in [5, 5.41) is 0. The van der Waals surface area contributed by atoms with Gasteiger partial charge in [0, 0.05) is 16.3 Å². The monoisotopic (exact) mass is 397 g/mol. The maximum atomic E-state index is 2.53. The SMILES string of the molecule is C[N+](C)(C)CCCCCCCCCCN1c2ccccc2Sc2ccccc21. The van der Waals surface area contributed by atoms with Crippen LogP contribution in [0.5, 0.6) is 0 Å². The second kappa shape index (κ2) is 10.4. The summed E-state index contributed by atoms with van der Waals surface area (Å²) < 4.78 is 1.10. The minimum absolute atomic E-state index is 1.10. The number of hydrogen-bond acceptors (Lipinski definition) is 2. The van der Waals surface area contributed by atoms with Gasteiger partial charge in [0.15, 0.2) is 0 Å². The van der Waals surface area contributed by atoms with E-state index in [2.05, 4.69) is 74.6 Å². The number of anilines is 2. The summed E-state index contributed by atoms with van der Waals surface area (Å²) in [5.74, 6) is 0. The van der Waals surface area contributed by atoms with Gasteiger partial charge in [0.05, 0.1) is 39.1 Å². The summed E-state index contributed by atoms with van der Waals surface area (Å²) in [4.78, 5) is 5.30. The molecule has 2 aromatic carbocycles. The van der Waals surface area contributed by atoms with Crippen molar-refractivity contribution in [2.45, 2.75) is 61.2 Å². The molecule has 0 aromatic heterocycles. The van der Waals surface area contributed by atoms with Crippen molar-refractivity contribution in [3.63, 3.8) is 0 Å². The highest BCUT2D eigenvalue weighted by Gasteiger charge is 2.22. The van der Waals surface area contributed by atoms with Crippen molar-refractivity contribution < 1.29 is 4.48 Å². The van der Waals surface area contributed by atoms with E-state index in [-0.39, 0.29) is 0 Å². The molecule has 0 fully saturated rings. The standard InChI is InChI=1S/C25H37N2S/c1-27(2,3)21-15-9-7-5-4-6-8-14-20-26-22-16-10-12-18-24(22)28-25-19-13-11-17-23(25)26/h10-13,16-19H,4-9,14-15,20-21H2,1-3H3/q+1. The fourth-order valence-corrected chi connectivity index (χ4v) is 5.03. The van der Waals surface area contributed by atoms with E-state index in [1.807, 2.05) is 11.8 Å². The number of benzene rings is 2. The molecule has 152 valence electrons. The molecule has 0 amide bonds. The van der Waals surface area contributed by atoms with Crippen molar-refractivity contribution in [3.8, 4) is 0 Å². The molecule has 1 aliphatic rings. The smallest absolute Gasteiger partial charge is 0.0780 e. The highest BCUT2D eigenvalue weighted by Crippen LogP contribution is 2.47. The average molecular weight is 398 g/mol. The van der Waals surface area contributed by atoms with Gasteiger partial charge in [-0.3, -0.25) is 0 Å². The minimum atomic E-state index is 1.10. The molecule has 0 N–H and O–H groups in total. The number of fused-ring (bicyclic) bond motifs is 2. The van der Waals surface area contributed by atoms with Gasteiger partial charge in [0.1, 0.15) is 0 Å². The third-order valence-corrected chi connectivity index (χ3v) is 6.62. The first-order valence-electron chi connectivity index (χ1n) is 11.0. The number of quaternary nitrogens is 1. The van der Waals surface area contributed by atoms with E-state index in [1.54, 1.807) is 0 Å². The molecule has 2 aromatic rings. The van der Waals surface area contributed by atoms with E-state index in [1.165, 1.54) is 79.1 Å². The molecule has 1 heterocycles. The fraction of sp³-hybridized carbons (Fsp3) is 0.520. The molecule has 3 rings (SSSR count). The Morgan fingerprint density at radius 2 is 1.11 bits per heavy atom. The van der Waals surface area contributed by atoms with Gasteiger partial charge in [-0.15, -0.1) is 0 Å². The zero-order valence-electron chi connectivity index (χ0n) is 18.0. The molecule has 0 unspecified atom stereocenters. The molecule has 0 aliphatic carbocycles. The lowest BCUT2D eigenvalue weighted by atomic mass is 10.1. The van der Waals surface area contributed by atoms with Crippen LogP contribution in [0.15, 0.2) is 58.3 Å². The van der Waals surface area contributed by atoms with Crippen LogP contribution in [0.4, 0.5) is 11.4 Å². The predicted octanol–water partition coefficient (Wildman–Crippen LogP) is 7.12. The first-order chi connectivity index (χ1) is 13.5. The molecule has 0 atom stereocenters. The van der Waals surface area contributed by atoms with E-state index >= 15 is 0 Å². The van der Waals surface area contributed by atoms with Crippen molar-refractivity contribution in [1.29, 1.82) is 0 Å². The van der Waals surface area contributed by atoms with E-state index in [0.29, 0.717) is 0 Å². The van der Waals surface area contributed by atoms with Gasteiger partial charge in [-0.1, -0.05) is 68.1 Å². The first kappa shape index (κ1) is 21.3. The molecular weight excluding hydrogens is 360 g/mol. The second-order valence-electron chi connectivity index (χ2n) is 9.03. The lowest BCUT2D eigenvalue weighted by Gasteiger charge is -2.32. The summed E-state index contributed by atoms with van der Waals surface area (Å²) in [6.07, 6.45) is 11.0. The van der Waals surface area contributed by atoms with Gasteiger partial charge in [-0.05, 0) is 43.5 Å². The largest absolute Gasteiger partial charge is 0.340 e. The lowest BCUT2D eigenvalue weighted by molar-refractivity contribution is -0.870. The topological polar surface area (TPSA) is 3.24 Å². The molecule has 0 radical (unpaired) electrons. The van der Waals surface area contributed by atoms with Gasteiger partial charge < -0.3 is 9.38 Å². The summed E-state index contributed by atoms with van der Waals surface area (Å²) in [5.41, 5.74) is 2.76. The molecule has 0 spiro atoms. The third-order valence-electron chi connectivity index (χ3n) is 5.49. The van der Waals surface area contributed by atoms with Crippen molar-refractivity contribution in [2.24, 2.45) is 0 Å². The Bertz CT molecular complexity index is 690. The Balaban J connectivity index is 1.38. The second-order valence-corrected chi connectivity index (χ2v) is 10.1. The summed E-state index contributed by atoms with van der Waals surface area (Å²) in [7, 11) is 6.87. The van der Waals surface area contributed by atoms with Crippen molar-refractivity contribution in [3.05, 3.63) is 48.5 Å². The Labute approximate surface area is 176 Å². The van der Waals surface area contributed by atoms with Crippen LogP contribution >= 0.6 is 11.8 Å². The third kappa shape index (κ3) is 6.28. The van der Waals surface area contributed by atoms with Crippen LogP contribution < -0.4 is 4.90 Å². The van der Waals surface area contributed by atoms with E-state index < -0.39 is 0 Å². The van der Waals surface area contributed by atoms with Crippen molar-refractivity contribution in [1.82, 2.24) is 0 Å². The number of rotatable bonds is 11. The number of nitrogens with zero attached hydrogens (tertiary/aromatic N) is 2. The van der Waals surface area contributed by atoms with Crippen LogP contribution in [0.2, 0.25) is 0 Å².